The van der Waals surface area contributed by atoms with Gasteiger partial charge < -0.3 is 0 Å². The fraction of sp³-hybridized carbons (Fsp3) is 0. The van der Waals surface area contributed by atoms with Gasteiger partial charge in [-0.15, -0.1) is 0 Å². The van der Waals surface area contributed by atoms with Crippen LogP contribution < -0.4 is 0 Å². The van der Waals surface area contributed by atoms with Gasteiger partial charge in [0.25, 0.3) is 0 Å². The second kappa shape index (κ2) is 6.02. The molecule has 4 aromatic rings. The topological polar surface area (TPSA) is 43.6 Å². The van der Waals surface area contributed by atoms with E-state index in [1.807, 2.05) is 59.3 Å². The molecule has 0 radical (unpaired) electrons. The highest BCUT2D eigenvalue weighted by molar-refractivity contribution is 7.99. The predicted molar refractivity (Wildman–Crippen MR) is 92.2 cm³/mol. The molecule has 4 nitrogen and oxygen atoms in total. The third kappa shape index (κ3) is 2.81. The molecule has 0 fully saturated rings. The summed E-state index contributed by atoms with van der Waals surface area (Å²) in [4.78, 5) is 14.4. The Labute approximate surface area is 142 Å². The lowest BCUT2D eigenvalue weighted by molar-refractivity contribution is 0.909. The summed E-state index contributed by atoms with van der Waals surface area (Å²) in [5.74, 6) is 0. The summed E-state index contributed by atoms with van der Waals surface area (Å²) >= 11 is 7.70. The lowest BCUT2D eigenvalue weighted by Crippen LogP contribution is -1.97. The Morgan fingerprint density at radius 2 is 1.91 bits per heavy atom. The van der Waals surface area contributed by atoms with Gasteiger partial charge in [0, 0.05) is 28.5 Å². The summed E-state index contributed by atoms with van der Waals surface area (Å²) in [7, 11) is 0. The highest BCUT2D eigenvalue weighted by Crippen LogP contribution is 2.32. The third-order valence-corrected chi connectivity index (χ3v) is 4.46. The van der Waals surface area contributed by atoms with Gasteiger partial charge in [0.2, 0.25) is 0 Å². The highest BCUT2D eigenvalue weighted by atomic mass is 35.5. The third-order valence-electron chi connectivity index (χ3n) is 3.30. The molecule has 112 valence electrons. The molecule has 4 rings (SSSR count). The van der Waals surface area contributed by atoms with E-state index in [0.717, 1.165) is 26.9 Å². The second-order valence-electron chi connectivity index (χ2n) is 4.85. The number of fused-ring (bicyclic) bond motifs is 1. The van der Waals surface area contributed by atoms with E-state index in [9.17, 15) is 0 Å². The Morgan fingerprint density at radius 3 is 2.74 bits per heavy atom. The van der Waals surface area contributed by atoms with E-state index in [1.54, 1.807) is 24.2 Å². The molecule has 23 heavy (non-hydrogen) atoms. The summed E-state index contributed by atoms with van der Waals surface area (Å²) in [6, 6.07) is 15.4. The summed E-state index contributed by atoms with van der Waals surface area (Å²) in [6.07, 6.45) is 5.34. The maximum absolute atomic E-state index is 6.15. The normalized spacial score (nSPS) is 11.0. The number of hydrogen-bond acceptors (Lipinski definition) is 4. The van der Waals surface area contributed by atoms with Crippen LogP contribution in [0.3, 0.4) is 0 Å². The van der Waals surface area contributed by atoms with Crippen LogP contribution >= 0.6 is 23.4 Å². The van der Waals surface area contributed by atoms with Gasteiger partial charge in [-0.3, -0.25) is 9.55 Å². The number of imidazole rings is 1. The zero-order valence-electron chi connectivity index (χ0n) is 11.9. The van der Waals surface area contributed by atoms with E-state index in [-0.39, 0.29) is 0 Å². The van der Waals surface area contributed by atoms with Gasteiger partial charge in [-0.2, -0.15) is 0 Å². The monoisotopic (exact) mass is 338 g/mol. The number of aromatic nitrogens is 4. The number of benzene rings is 1. The van der Waals surface area contributed by atoms with E-state index >= 15 is 0 Å². The van der Waals surface area contributed by atoms with Crippen molar-refractivity contribution in [2.75, 3.05) is 0 Å². The lowest BCUT2D eigenvalue weighted by Gasteiger charge is -2.08. The number of rotatable bonds is 3. The van der Waals surface area contributed by atoms with Crippen molar-refractivity contribution in [3.05, 3.63) is 72.1 Å². The minimum atomic E-state index is 0.678. The first-order chi connectivity index (χ1) is 11.3. The summed E-state index contributed by atoms with van der Waals surface area (Å²) in [6.45, 7) is 0. The van der Waals surface area contributed by atoms with Crippen LogP contribution in [0.5, 0.6) is 0 Å². The van der Waals surface area contributed by atoms with Crippen LogP contribution in [0, 0.1) is 0 Å². The Balaban J connectivity index is 1.91. The van der Waals surface area contributed by atoms with E-state index in [2.05, 4.69) is 9.97 Å². The molecule has 1 aromatic carbocycles. The standard InChI is InChI=1S/C17H11ClN4S/c18-12-4-1-5-13(10-12)22-16-15(7-3-9-20-16)21-17(22)23-14-6-2-8-19-11-14/h1-11H. The minimum Gasteiger partial charge on any atom is -0.271 e. The zero-order valence-corrected chi connectivity index (χ0v) is 13.5. The molecule has 0 N–H and O–H groups in total. The first-order valence-electron chi connectivity index (χ1n) is 6.98. The molecule has 0 bridgehead atoms. The molecular formula is C17H11ClN4S. The van der Waals surface area contributed by atoms with Gasteiger partial charge in [-0.05, 0) is 54.2 Å². The van der Waals surface area contributed by atoms with Gasteiger partial charge in [-0.25, -0.2) is 9.97 Å². The van der Waals surface area contributed by atoms with Crippen LogP contribution in [-0.4, -0.2) is 19.5 Å². The molecule has 0 amide bonds. The first-order valence-corrected chi connectivity index (χ1v) is 8.18. The van der Waals surface area contributed by atoms with E-state index < -0.39 is 0 Å². The molecule has 0 aliphatic heterocycles. The molecule has 0 aliphatic rings. The predicted octanol–water partition coefficient (Wildman–Crippen LogP) is 4.62. The van der Waals surface area contributed by atoms with Crippen molar-refractivity contribution in [3.8, 4) is 5.69 Å². The fourth-order valence-electron chi connectivity index (χ4n) is 2.32. The van der Waals surface area contributed by atoms with Crippen molar-refractivity contribution >= 4 is 34.5 Å². The lowest BCUT2D eigenvalue weighted by atomic mass is 10.3. The summed E-state index contributed by atoms with van der Waals surface area (Å²) in [5, 5.41) is 1.51. The number of hydrogen-bond donors (Lipinski definition) is 0. The average molecular weight is 339 g/mol. The maximum Gasteiger partial charge on any atom is 0.179 e. The van der Waals surface area contributed by atoms with Crippen molar-refractivity contribution in [1.82, 2.24) is 19.5 Å². The van der Waals surface area contributed by atoms with Gasteiger partial charge in [0.1, 0.15) is 5.52 Å². The van der Waals surface area contributed by atoms with Crippen molar-refractivity contribution < 1.29 is 0 Å². The van der Waals surface area contributed by atoms with E-state index in [4.69, 9.17) is 16.6 Å². The molecule has 0 saturated heterocycles. The van der Waals surface area contributed by atoms with Crippen LogP contribution in [0.15, 0.2) is 77.2 Å². The van der Waals surface area contributed by atoms with Crippen molar-refractivity contribution in [1.29, 1.82) is 0 Å². The number of halogens is 1. The number of nitrogens with zero attached hydrogens (tertiary/aromatic N) is 4. The van der Waals surface area contributed by atoms with Crippen LogP contribution in [0.4, 0.5) is 0 Å². The summed E-state index contributed by atoms with van der Waals surface area (Å²) < 4.78 is 2.01. The van der Waals surface area contributed by atoms with E-state index in [1.165, 1.54) is 0 Å². The fourth-order valence-corrected chi connectivity index (χ4v) is 3.40. The van der Waals surface area contributed by atoms with Crippen molar-refractivity contribution in [2.45, 2.75) is 10.1 Å². The Kier molecular flexibility index (Phi) is 3.73. The SMILES string of the molecule is Clc1cccc(-n2c(Sc3cccnc3)nc3cccnc32)c1. The Bertz CT molecular complexity index is 969. The smallest absolute Gasteiger partial charge is 0.179 e. The molecule has 0 spiro atoms. The van der Waals surface area contributed by atoms with Crippen LogP contribution in [0.2, 0.25) is 5.02 Å². The average Bonchev–Trinajstić information content (AvgIpc) is 2.93. The van der Waals surface area contributed by atoms with Gasteiger partial charge >= 0.3 is 0 Å². The van der Waals surface area contributed by atoms with Crippen molar-refractivity contribution in [2.24, 2.45) is 0 Å². The molecule has 0 atom stereocenters. The Morgan fingerprint density at radius 1 is 1.00 bits per heavy atom. The quantitative estimate of drug-likeness (QED) is 0.546. The molecule has 0 unspecified atom stereocenters. The number of pyridine rings is 2. The Hall–Kier alpha value is -2.37. The molecular weight excluding hydrogens is 328 g/mol. The summed E-state index contributed by atoms with van der Waals surface area (Å²) in [5.41, 5.74) is 2.59. The highest BCUT2D eigenvalue weighted by Gasteiger charge is 2.14. The molecule has 0 saturated carbocycles. The van der Waals surface area contributed by atoms with Gasteiger partial charge in [0.05, 0.1) is 5.69 Å². The largest absolute Gasteiger partial charge is 0.271 e. The van der Waals surface area contributed by atoms with Gasteiger partial charge in [0.15, 0.2) is 10.8 Å². The van der Waals surface area contributed by atoms with Crippen molar-refractivity contribution in [3.63, 3.8) is 0 Å². The molecule has 3 aromatic heterocycles. The maximum atomic E-state index is 6.15. The minimum absolute atomic E-state index is 0.678. The van der Waals surface area contributed by atoms with Crippen LogP contribution in [-0.2, 0) is 0 Å². The second-order valence-corrected chi connectivity index (χ2v) is 6.32. The molecule has 3 heterocycles. The first kappa shape index (κ1) is 14.2. The molecule has 6 heteroatoms. The van der Waals surface area contributed by atoms with Crippen LogP contribution in [0.1, 0.15) is 0 Å². The van der Waals surface area contributed by atoms with Gasteiger partial charge in [-0.1, -0.05) is 17.7 Å². The van der Waals surface area contributed by atoms with Crippen LogP contribution in [0.25, 0.3) is 16.9 Å². The van der Waals surface area contributed by atoms with E-state index in [0.29, 0.717) is 5.02 Å². The zero-order chi connectivity index (χ0) is 15.6. The molecule has 0 aliphatic carbocycles.